The molecule has 0 fully saturated rings. The van der Waals surface area contributed by atoms with E-state index in [1.807, 2.05) is 55.5 Å². The Balaban J connectivity index is 1.60. The van der Waals surface area contributed by atoms with E-state index in [1.165, 1.54) is 5.39 Å². The molecule has 0 unspecified atom stereocenters. The molecule has 3 rings (SSSR count). The third-order valence-corrected chi connectivity index (χ3v) is 3.84. The summed E-state index contributed by atoms with van der Waals surface area (Å²) >= 11 is 0. The van der Waals surface area contributed by atoms with E-state index in [4.69, 9.17) is 0 Å². The molecule has 1 atom stereocenters. The van der Waals surface area contributed by atoms with Crippen LogP contribution >= 0.6 is 0 Å². The molecule has 0 aliphatic rings. The Bertz CT molecular complexity index is 799. The molecule has 23 heavy (non-hydrogen) atoms. The second kappa shape index (κ2) is 6.97. The molecule has 0 aliphatic heterocycles. The minimum absolute atomic E-state index is 0.0120. The topological polar surface area (TPSA) is 41.1 Å². The quantitative estimate of drug-likeness (QED) is 0.749. The molecule has 3 aromatic carbocycles. The van der Waals surface area contributed by atoms with Gasteiger partial charge in [-0.25, -0.2) is 0 Å². The molecule has 0 aromatic heterocycles. The van der Waals surface area contributed by atoms with Crippen molar-refractivity contribution < 1.29 is 4.79 Å². The number of hydrogen-bond donors (Lipinski definition) is 2. The van der Waals surface area contributed by atoms with Crippen molar-refractivity contribution in [3.05, 3.63) is 78.4 Å². The SMILES string of the molecule is C[C@@H](Nc1ccc2ccccc2c1)C(=O)NCc1ccccc1. The average molecular weight is 304 g/mol. The molecule has 3 heteroatoms. The zero-order valence-electron chi connectivity index (χ0n) is 13.1. The minimum atomic E-state index is -0.292. The van der Waals surface area contributed by atoms with E-state index in [2.05, 4.69) is 34.9 Å². The highest BCUT2D eigenvalue weighted by Gasteiger charge is 2.12. The Hall–Kier alpha value is -2.81. The first-order chi connectivity index (χ1) is 11.2. The summed E-state index contributed by atoms with van der Waals surface area (Å²) in [6, 6.07) is 23.9. The molecule has 0 bridgehead atoms. The van der Waals surface area contributed by atoms with Gasteiger partial charge in [-0.1, -0.05) is 60.7 Å². The largest absolute Gasteiger partial charge is 0.374 e. The number of fused-ring (bicyclic) bond motifs is 1. The molecular weight excluding hydrogens is 284 g/mol. The van der Waals surface area contributed by atoms with E-state index in [9.17, 15) is 4.79 Å². The van der Waals surface area contributed by atoms with Crippen LogP contribution in [0, 0.1) is 0 Å². The van der Waals surface area contributed by atoms with Crippen LogP contribution in [0.5, 0.6) is 0 Å². The van der Waals surface area contributed by atoms with Gasteiger partial charge in [0.25, 0.3) is 0 Å². The van der Waals surface area contributed by atoms with Crippen LogP contribution in [-0.2, 0) is 11.3 Å². The molecule has 0 aliphatic carbocycles. The molecule has 3 aromatic rings. The average Bonchev–Trinajstić information content (AvgIpc) is 2.60. The van der Waals surface area contributed by atoms with E-state index >= 15 is 0 Å². The smallest absolute Gasteiger partial charge is 0.242 e. The van der Waals surface area contributed by atoms with Crippen LogP contribution in [-0.4, -0.2) is 11.9 Å². The Morgan fingerprint density at radius 2 is 1.61 bits per heavy atom. The summed E-state index contributed by atoms with van der Waals surface area (Å²) in [7, 11) is 0. The van der Waals surface area contributed by atoms with Crippen molar-refractivity contribution in [2.45, 2.75) is 19.5 Å². The highest BCUT2D eigenvalue weighted by atomic mass is 16.2. The van der Waals surface area contributed by atoms with Crippen molar-refractivity contribution in [1.29, 1.82) is 0 Å². The highest BCUT2D eigenvalue weighted by Crippen LogP contribution is 2.19. The Morgan fingerprint density at radius 3 is 2.39 bits per heavy atom. The van der Waals surface area contributed by atoms with Crippen LogP contribution < -0.4 is 10.6 Å². The molecule has 0 heterocycles. The van der Waals surface area contributed by atoms with Crippen LogP contribution in [0.4, 0.5) is 5.69 Å². The van der Waals surface area contributed by atoms with Crippen LogP contribution in [0.15, 0.2) is 72.8 Å². The van der Waals surface area contributed by atoms with E-state index < -0.39 is 0 Å². The molecule has 2 N–H and O–H groups in total. The van der Waals surface area contributed by atoms with E-state index in [0.717, 1.165) is 16.6 Å². The van der Waals surface area contributed by atoms with Crippen molar-refractivity contribution in [1.82, 2.24) is 5.32 Å². The molecule has 0 spiro atoms. The lowest BCUT2D eigenvalue weighted by molar-refractivity contribution is -0.121. The summed E-state index contributed by atoms with van der Waals surface area (Å²) < 4.78 is 0. The lowest BCUT2D eigenvalue weighted by Gasteiger charge is -2.16. The van der Waals surface area contributed by atoms with Crippen LogP contribution in [0.25, 0.3) is 10.8 Å². The number of hydrogen-bond acceptors (Lipinski definition) is 2. The summed E-state index contributed by atoms with van der Waals surface area (Å²) in [6.45, 7) is 2.42. The molecule has 0 saturated heterocycles. The van der Waals surface area contributed by atoms with Crippen molar-refractivity contribution in [2.24, 2.45) is 0 Å². The fraction of sp³-hybridized carbons (Fsp3) is 0.150. The first-order valence-electron chi connectivity index (χ1n) is 7.79. The first-order valence-corrected chi connectivity index (χ1v) is 7.79. The standard InChI is InChI=1S/C20H20N2O/c1-15(20(23)21-14-16-7-3-2-4-8-16)22-19-12-11-17-9-5-6-10-18(17)13-19/h2-13,15,22H,14H2,1H3,(H,21,23)/t15-/m1/s1. The number of rotatable bonds is 5. The number of carbonyl (C=O) groups excluding carboxylic acids is 1. The maximum absolute atomic E-state index is 12.2. The van der Waals surface area contributed by atoms with Gasteiger partial charge in [-0.15, -0.1) is 0 Å². The maximum Gasteiger partial charge on any atom is 0.242 e. The van der Waals surface area contributed by atoms with Crippen LogP contribution in [0.3, 0.4) is 0 Å². The van der Waals surface area contributed by atoms with Crippen LogP contribution in [0.2, 0.25) is 0 Å². The highest BCUT2D eigenvalue weighted by molar-refractivity contribution is 5.88. The van der Waals surface area contributed by atoms with Crippen LogP contribution in [0.1, 0.15) is 12.5 Å². The Morgan fingerprint density at radius 1 is 0.913 bits per heavy atom. The number of amides is 1. The van der Waals surface area contributed by atoms with E-state index in [1.54, 1.807) is 0 Å². The summed E-state index contributed by atoms with van der Waals surface area (Å²) in [4.78, 5) is 12.2. The van der Waals surface area contributed by atoms with Gasteiger partial charge in [0.1, 0.15) is 6.04 Å². The minimum Gasteiger partial charge on any atom is -0.374 e. The fourth-order valence-electron chi connectivity index (χ4n) is 2.53. The van der Waals surface area contributed by atoms with Crippen molar-refractivity contribution in [3.8, 4) is 0 Å². The Labute approximate surface area is 136 Å². The van der Waals surface area contributed by atoms with Gasteiger partial charge in [0, 0.05) is 12.2 Å². The second-order valence-electron chi connectivity index (χ2n) is 5.63. The fourth-order valence-corrected chi connectivity index (χ4v) is 2.53. The van der Waals surface area contributed by atoms with Gasteiger partial charge in [0.15, 0.2) is 0 Å². The lowest BCUT2D eigenvalue weighted by Crippen LogP contribution is -2.37. The van der Waals surface area contributed by atoms with Gasteiger partial charge in [-0.3, -0.25) is 4.79 Å². The van der Waals surface area contributed by atoms with Crippen molar-refractivity contribution in [2.75, 3.05) is 5.32 Å². The predicted octanol–water partition coefficient (Wildman–Crippen LogP) is 3.96. The van der Waals surface area contributed by atoms with E-state index in [-0.39, 0.29) is 11.9 Å². The molecular formula is C20H20N2O. The number of anilines is 1. The van der Waals surface area contributed by atoms with E-state index in [0.29, 0.717) is 6.54 Å². The zero-order valence-corrected chi connectivity index (χ0v) is 13.1. The summed E-state index contributed by atoms with van der Waals surface area (Å²) in [5.41, 5.74) is 2.05. The van der Waals surface area contributed by atoms with Gasteiger partial charge in [0.2, 0.25) is 5.91 Å². The molecule has 1 amide bonds. The first kappa shape index (κ1) is 15.1. The summed E-state index contributed by atoms with van der Waals surface area (Å²) in [5.74, 6) is -0.0120. The van der Waals surface area contributed by atoms with Gasteiger partial charge in [-0.2, -0.15) is 0 Å². The lowest BCUT2D eigenvalue weighted by atomic mass is 10.1. The predicted molar refractivity (Wildman–Crippen MR) is 95.3 cm³/mol. The van der Waals surface area contributed by atoms with Gasteiger partial charge >= 0.3 is 0 Å². The van der Waals surface area contributed by atoms with Gasteiger partial charge in [-0.05, 0) is 35.4 Å². The molecule has 0 saturated carbocycles. The monoisotopic (exact) mass is 304 g/mol. The third kappa shape index (κ3) is 3.89. The van der Waals surface area contributed by atoms with Crippen molar-refractivity contribution >= 4 is 22.4 Å². The maximum atomic E-state index is 12.2. The Kier molecular flexibility index (Phi) is 4.57. The number of benzene rings is 3. The van der Waals surface area contributed by atoms with Crippen molar-refractivity contribution in [3.63, 3.8) is 0 Å². The normalized spacial score (nSPS) is 11.9. The number of nitrogens with one attached hydrogen (secondary N) is 2. The molecule has 3 nitrogen and oxygen atoms in total. The third-order valence-electron chi connectivity index (χ3n) is 3.84. The number of carbonyl (C=O) groups is 1. The molecule has 0 radical (unpaired) electrons. The van der Waals surface area contributed by atoms with Gasteiger partial charge < -0.3 is 10.6 Å². The second-order valence-corrected chi connectivity index (χ2v) is 5.63. The van der Waals surface area contributed by atoms with Gasteiger partial charge in [0.05, 0.1) is 0 Å². The summed E-state index contributed by atoms with van der Waals surface area (Å²) in [6.07, 6.45) is 0. The zero-order chi connectivity index (χ0) is 16.1. The molecule has 116 valence electrons. The summed E-state index contributed by atoms with van der Waals surface area (Å²) in [5, 5.41) is 8.57.